The maximum atomic E-state index is 12.5. The fraction of sp³-hybridized carbons (Fsp3) is 0.455. The van der Waals surface area contributed by atoms with Gasteiger partial charge in [-0.1, -0.05) is 24.3 Å². The summed E-state index contributed by atoms with van der Waals surface area (Å²) in [5.41, 5.74) is 1.70. The normalized spacial score (nSPS) is 18.5. The summed E-state index contributed by atoms with van der Waals surface area (Å²) >= 11 is 0. The number of rotatable bonds is 2. The highest BCUT2D eigenvalue weighted by atomic mass is 19.4. The van der Waals surface area contributed by atoms with Crippen LogP contribution < -0.4 is 0 Å². The second-order valence-corrected chi connectivity index (χ2v) is 3.89. The number of alkyl halides is 4. The Bertz CT molecular complexity index is 349. The Morgan fingerprint density at radius 1 is 1.12 bits per heavy atom. The minimum Gasteiger partial charge on any atom is -0.281 e. The second-order valence-electron chi connectivity index (χ2n) is 3.89. The lowest BCUT2D eigenvalue weighted by atomic mass is 10.1. The summed E-state index contributed by atoms with van der Waals surface area (Å²) in [5, 5.41) is 0. The van der Waals surface area contributed by atoms with Gasteiger partial charge in [0.1, 0.15) is 12.7 Å². The Hall–Kier alpha value is -1.10. The Morgan fingerprint density at radius 3 is 2.00 bits per heavy atom. The van der Waals surface area contributed by atoms with E-state index in [1.807, 2.05) is 0 Å². The first-order chi connectivity index (χ1) is 7.52. The second kappa shape index (κ2) is 4.05. The quantitative estimate of drug-likeness (QED) is 0.710. The smallest absolute Gasteiger partial charge is 0.281 e. The summed E-state index contributed by atoms with van der Waals surface area (Å²) in [6.07, 6.45) is -4.50. The van der Waals surface area contributed by atoms with Gasteiger partial charge >= 0.3 is 6.18 Å². The predicted octanol–water partition coefficient (Wildman–Crippen LogP) is 2.90. The molecule has 0 amide bonds. The molecule has 1 aliphatic rings. The summed E-state index contributed by atoms with van der Waals surface area (Å²) < 4.78 is 50.0. The molecule has 0 fully saturated rings. The van der Waals surface area contributed by atoms with Gasteiger partial charge in [0.2, 0.25) is 0 Å². The van der Waals surface area contributed by atoms with Crippen molar-refractivity contribution >= 4 is 0 Å². The highest BCUT2D eigenvalue weighted by Crippen LogP contribution is 2.32. The molecule has 0 N–H and O–H groups in total. The van der Waals surface area contributed by atoms with Gasteiger partial charge in [0.15, 0.2) is 0 Å². The highest BCUT2D eigenvalue weighted by Gasteiger charge is 2.45. The standard InChI is InChI=1S/C11H11F4N/c12-5-10(11(13,14)15)16-6-8-3-1-2-4-9(8)7-16/h1-4,10H,5-7H2. The Kier molecular flexibility index (Phi) is 2.88. The van der Waals surface area contributed by atoms with E-state index in [4.69, 9.17) is 0 Å². The Balaban J connectivity index is 2.16. The molecule has 0 saturated heterocycles. The third kappa shape index (κ3) is 2.04. The lowest BCUT2D eigenvalue weighted by molar-refractivity contribution is -0.189. The fourth-order valence-electron chi connectivity index (χ4n) is 1.97. The van der Waals surface area contributed by atoms with E-state index in [-0.39, 0.29) is 13.1 Å². The molecule has 1 aromatic rings. The summed E-state index contributed by atoms with van der Waals surface area (Å²) in [4.78, 5) is 1.13. The lowest BCUT2D eigenvalue weighted by Crippen LogP contribution is -2.44. The predicted molar refractivity (Wildman–Crippen MR) is 51.5 cm³/mol. The van der Waals surface area contributed by atoms with Crippen LogP contribution in [0.2, 0.25) is 0 Å². The number of nitrogens with zero attached hydrogens (tertiary/aromatic N) is 1. The summed E-state index contributed by atoms with van der Waals surface area (Å²) in [6.45, 7) is -1.05. The summed E-state index contributed by atoms with van der Waals surface area (Å²) in [7, 11) is 0. The molecule has 0 aromatic heterocycles. The van der Waals surface area contributed by atoms with Crippen molar-refractivity contribution in [2.75, 3.05) is 6.67 Å². The van der Waals surface area contributed by atoms with Crippen molar-refractivity contribution in [2.24, 2.45) is 0 Å². The van der Waals surface area contributed by atoms with E-state index in [1.165, 1.54) is 0 Å². The zero-order valence-electron chi connectivity index (χ0n) is 8.47. The summed E-state index contributed by atoms with van der Waals surface area (Å²) in [6, 6.07) is 5.13. The average Bonchev–Trinajstić information content (AvgIpc) is 2.59. The van der Waals surface area contributed by atoms with Gasteiger partial charge in [0.05, 0.1) is 0 Å². The largest absolute Gasteiger partial charge is 0.406 e. The molecule has 2 rings (SSSR count). The van der Waals surface area contributed by atoms with E-state index in [9.17, 15) is 17.6 Å². The summed E-state index contributed by atoms with van der Waals surface area (Å²) in [5.74, 6) is 0. The molecule has 5 heteroatoms. The fourth-order valence-corrected chi connectivity index (χ4v) is 1.97. The van der Waals surface area contributed by atoms with Crippen LogP contribution >= 0.6 is 0 Å². The zero-order valence-corrected chi connectivity index (χ0v) is 8.47. The monoisotopic (exact) mass is 233 g/mol. The molecular formula is C11H11F4N. The van der Waals surface area contributed by atoms with Crippen LogP contribution in [-0.4, -0.2) is 23.8 Å². The van der Waals surface area contributed by atoms with E-state index in [0.29, 0.717) is 0 Å². The van der Waals surface area contributed by atoms with Crippen molar-refractivity contribution in [3.63, 3.8) is 0 Å². The first-order valence-electron chi connectivity index (χ1n) is 4.96. The lowest BCUT2D eigenvalue weighted by Gasteiger charge is -2.26. The third-order valence-corrected chi connectivity index (χ3v) is 2.83. The number of hydrogen-bond donors (Lipinski definition) is 0. The van der Waals surface area contributed by atoms with Crippen molar-refractivity contribution < 1.29 is 17.6 Å². The van der Waals surface area contributed by atoms with Gasteiger partial charge in [-0.05, 0) is 11.1 Å². The van der Waals surface area contributed by atoms with Gasteiger partial charge in [-0.15, -0.1) is 0 Å². The van der Waals surface area contributed by atoms with Crippen molar-refractivity contribution in [3.05, 3.63) is 35.4 Å². The van der Waals surface area contributed by atoms with Crippen LogP contribution in [0.25, 0.3) is 0 Å². The van der Waals surface area contributed by atoms with Crippen LogP contribution in [0.1, 0.15) is 11.1 Å². The molecule has 0 saturated carbocycles. The van der Waals surface area contributed by atoms with Crippen molar-refractivity contribution in [1.29, 1.82) is 0 Å². The topological polar surface area (TPSA) is 3.24 Å². The minimum atomic E-state index is -4.50. The first-order valence-corrected chi connectivity index (χ1v) is 4.96. The van der Waals surface area contributed by atoms with Crippen LogP contribution in [0.3, 0.4) is 0 Å². The first kappa shape index (κ1) is 11.4. The zero-order chi connectivity index (χ0) is 11.8. The Morgan fingerprint density at radius 2 is 1.62 bits per heavy atom. The molecule has 16 heavy (non-hydrogen) atoms. The third-order valence-electron chi connectivity index (χ3n) is 2.83. The molecule has 1 heterocycles. The van der Waals surface area contributed by atoms with E-state index in [0.717, 1.165) is 16.0 Å². The van der Waals surface area contributed by atoms with Crippen LogP contribution in [0.15, 0.2) is 24.3 Å². The van der Waals surface area contributed by atoms with E-state index in [1.54, 1.807) is 24.3 Å². The van der Waals surface area contributed by atoms with E-state index >= 15 is 0 Å². The number of benzene rings is 1. The van der Waals surface area contributed by atoms with Crippen molar-refractivity contribution in [1.82, 2.24) is 4.90 Å². The van der Waals surface area contributed by atoms with Gasteiger partial charge in [-0.3, -0.25) is 4.90 Å². The number of hydrogen-bond acceptors (Lipinski definition) is 1. The van der Waals surface area contributed by atoms with E-state index < -0.39 is 18.9 Å². The molecule has 0 aliphatic carbocycles. The molecule has 0 radical (unpaired) electrons. The van der Waals surface area contributed by atoms with Crippen molar-refractivity contribution in [3.8, 4) is 0 Å². The molecular weight excluding hydrogens is 222 g/mol. The molecule has 1 atom stereocenters. The Labute approximate surface area is 90.7 Å². The molecule has 88 valence electrons. The SMILES string of the molecule is FCC(N1Cc2ccccc2C1)C(F)(F)F. The number of fused-ring (bicyclic) bond motifs is 1. The van der Waals surface area contributed by atoms with Gasteiger partial charge in [0, 0.05) is 13.1 Å². The molecule has 0 bridgehead atoms. The van der Waals surface area contributed by atoms with Crippen LogP contribution in [-0.2, 0) is 13.1 Å². The van der Waals surface area contributed by atoms with Gasteiger partial charge in [0.25, 0.3) is 0 Å². The van der Waals surface area contributed by atoms with Crippen molar-refractivity contribution in [2.45, 2.75) is 25.3 Å². The van der Waals surface area contributed by atoms with E-state index in [2.05, 4.69) is 0 Å². The maximum Gasteiger partial charge on any atom is 0.406 e. The molecule has 1 unspecified atom stereocenters. The molecule has 1 nitrogen and oxygen atoms in total. The van der Waals surface area contributed by atoms with Crippen LogP contribution in [0.5, 0.6) is 0 Å². The molecule has 1 aliphatic heterocycles. The van der Waals surface area contributed by atoms with Gasteiger partial charge in [-0.2, -0.15) is 13.2 Å². The van der Waals surface area contributed by atoms with Gasteiger partial charge < -0.3 is 0 Å². The average molecular weight is 233 g/mol. The van der Waals surface area contributed by atoms with Crippen LogP contribution in [0.4, 0.5) is 17.6 Å². The highest BCUT2D eigenvalue weighted by molar-refractivity contribution is 5.30. The van der Waals surface area contributed by atoms with Gasteiger partial charge in [-0.25, -0.2) is 4.39 Å². The molecule has 0 spiro atoms. The van der Waals surface area contributed by atoms with Crippen LogP contribution in [0, 0.1) is 0 Å². The maximum absolute atomic E-state index is 12.5. The number of halogens is 4. The molecule has 1 aromatic carbocycles. The minimum absolute atomic E-state index is 0.171.